The molecule has 0 spiro atoms. The predicted molar refractivity (Wildman–Crippen MR) is 111 cm³/mol. The molecule has 0 aliphatic rings. The maximum Gasteiger partial charge on any atom is 0.347 e. The van der Waals surface area contributed by atoms with E-state index in [9.17, 15) is 4.79 Å². The quantitative estimate of drug-likeness (QED) is 0.408. The molecular weight excluding hydrogens is 374 g/mol. The van der Waals surface area contributed by atoms with E-state index < -0.39 is 5.97 Å². The molecule has 0 fully saturated rings. The van der Waals surface area contributed by atoms with Gasteiger partial charge in [-0.3, -0.25) is 0 Å². The summed E-state index contributed by atoms with van der Waals surface area (Å²) >= 11 is 1.17. The van der Waals surface area contributed by atoms with Gasteiger partial charge < -0.3 is 14.6 Å². The minimum atomic E-state index is -0.948. The van der Waals surface area contributed by atoms with Crippen molar-refractivity contribution >= 4 is 17.3 Å². The number of ether oxygens (including phenoxy) is 2. The topological polar surface area (TPSA) is 68.7 Å². The van der Waals surface area contributed by atoms with Crippen LogP contribution < -0.4 is 9.47 Å². The van der Waals surface area contributed by atoms with Gasteiger partial charge >= 0.3 is 5.97 Å². The summed E-state index contributed by atoms with van der Waals surface area (Å²) in [6.45, 7) is 6.32. The number of thiazole rings is 1. The molecule has 0 aliphatic carbocycles. The van der Waals surface area contributed by atoms with E-state index in [0.717, 1.165) is 29.0 Å². The van der Waals surface area contributed by atoms with Crippen LogP contribution in [-0.2, 0) is 6.42 Å². The number of nitrogens with zero attached hydrogens (tertiary/aromatic N) is 1. The molecule has 3 aromatic rings. The number of hydrogen-bond acceptors (Lipinski definition) is 5. The lowest BCUT2D eigenvalue weighted by molar-refractivity contribution is 0.0701. The Labute approximate surface area is 167 Å². The van der Waals surface area contributed by atoms with E-state index in [2.05, 4.69) is 11.6 Å². The Hall–Kier alpha value is -3.12. The van der Waals surface area contributed by atoms with Crippen LogP contribution in [0.3, 0.4) is 0 Å². The molecular formula is C22H21NO4S. The Kier molecular flexibility index (Phi) is 6.45. The number of aryl methyl sites for hydroxylation is 1. The van der Waals surface area contributed by atoms with E-state index in [4.69, 9.17) is 14.6 Å². The van der Waals surface area contributed by atoms with Gasteiger partial charge in [-0.1, -0.05) is 24.3 Å². The van der Waals surface area contributed by atoms with Gasteiger partial charge in [0.05, 0.1) is 5.69 Å². The fourth-order valence-corrected chi connectivity index (χ4v) is 3.60. The van der Waals surface area contributed by atoms with Crippen LogP contribution in [0.2, 0.25) is 0 Å². The number of para-hydroxylation sites is 1. The molecule has 1 N–H and O–H groups in total. The zero-order valence-electron chi connectivity index (χ0n) is 15.6. The number of benzene rings is 2. The molecule has 0 radical (unpaired) electrons. The van der Waals surface area contributed by atoms with Gasteiger partial charge in [0.15, 0.2) is 0 Å². The van der Waals surface area contributed by atoms with Gasteiger partial charge in [0.2, 0.25) is 0 Å². The third-order valence-corrected chi connectivity index (χ3v) is 5.23. The number of carboxylic acid groups (broad SMARTS) is 1. The maximum atomic E-state index is 11.2. The van der Waals surface area contributed by atoms with Gasteiger partial charge in [-0.25, -0.2) is 9.78 Å². The second-order valence-corrected chi connectivity index (χ2v) is 7.06. The maximum absolute atomic E-state index is 11.2. The smallest absolute Gasteiger partial charge is 0.347 e. The van der Waals surface area contributed by atoms with Crippen LogP contribution in [0.5, 0.6) is 11.5 Å². The monoisotopic (exact) mass is 395 g/mol. The Morgan fingerprint density at radius 2 is 1.86 bits per heavy atom. The molecule has 3 rings (SSSR count). The first kappa shape index (κ1) is 19.6. The first-order valence-corrected chi connectivity index (χ1v) is 9.65. The van der Waals surface area contributed by atoms with E-state index in [1.54, 1.807) is 6.92 Å². The second kappa shape index (κ2) is 9.19. The van der Waals surface area contributed by atoms with Gasteiger partial charge in [-0.05, 0) is 49.2 Å². The molecule has 144 valence electrons. The molecule has 0 amide bonds. The Morgan fingerprint density at radius 1 is 1.14 bits per heavy atom. The highest BCUT2D eigenvalue weighted by molar-refractivity contribution is 7.17. The van der Waals surface area contributed by atoms with Crippen LogP contribution in [0.25, 0.3) is 10.6 Å². The number of aromatic carboxylic acids is 1. The number of carboxylic acids is 1. The molecule has 28 heavy (non-hydrogen) atoms. The average molecular weight is 395 g/mol. The molecule has 0 saturated heterocycles. The highest BCUT2D eigenvalue weighted by Gasteiger charge is 2.15. The van der Waals surface area contributed by atoms with Crippen LogP contribution in [0, 0.1) is 6.92 Å². The molecule has 6 heteroatoms. The second-order valence-electron chi connectivity index (χ2n) is 6.06. The molecule has 0 saturated carbocycles. The zero-order chi connectivity index (χ0) is 19.9. The van der Waals surface area contributed by atoms with Crippen LogP contribution in [-0.4, -0.2) is 29.3 Å². The summed E-state index contributed by atoms with van der Waals surface area (Å²) in [5.41, 5.74) is 2.49. The number of aromatic nitrogens is 1. The summed E-state index contributed by atoms with van der Waals surface area (Å²) < 4.78 is 11.5. The molecule has 0 aliphatic heterocycles. The van der Waals surface area contributed by atoms with Crippen molar-refractivity contribution in [2.24, 2.45) is 0 Å². The highest BCUT2D eigenvalue weighted by atomic mass is 32.1. The Morgan fingerprint density at radius 3 is 2.54 bits per heavy atom. The molecule has 5 nitrogen and oxygen atoms in total. The lowest BCUT2D eigenvalue weighted by atomic mass is 10.1. The molecule has 1 aromatic heterocycles. The van der Waals surface area contributed by atoms with E-state index in [1.165, 1.54) is 11.3 Å². The van der Waals surface area contributed by atoms with Crippen molar-refractivity contribution in [3.8, 4) is 22.1 Å². The van der Waals surface area contributed by atoms with Crippen molar-refractivity contribution in [1.29, 1.82) is 0 Å². The zero-order valence-corrected chi connectivity index (χ0v) is 16.4. The van der Waals surface area contributed by atoms with Crippen LogP contribution in [0.1, 0.15) is 20.9 Å². The van der Waals surface area contributed by atoms with Crippen molar-refractivity contribution < 1.29 is 19.4 Å². The van der Waals surface area contributed by atoms with Gasteiger partial charge in [0.1, 0.15) is 34.6 Å². The SMILES string of the molecule is C=CCc1ccccc1OCCOc1ccc(-c2nc(C)c(C(=O)O)s2)cc1. The average Bonchev–Trinajstić information content (AvgIpc) is 3.09. The lowest BCUT2D eigenvalue weighted by Gasteiger charge is -2.11. The van der Waals surface area contributed by atoms with Crippen LogP contribution in [0.15, 0.2) is 61.2 Å². The Bertz CT molecular complexity index is 963. The summed E-state index contributed by atoms with van der Waals surface area (Å²) in [4.78, 5) is 15.8. The number of allylic oxidation sites excluding steroid dienone is 1. The standard InChI is InChI=1S/C22H21NO4S/c1-3-6-16-7-4-5-8-19(16)27-14-13-26-18-11-9-17(10-12-18)21-23-15(2)20(28-21)22(24)25/h3-5,7-12H,1,6,13-14H2,2H3,(H,24,25). The lowest BCUT2D eigenvalue weighted by Crippen LogP contribution is -2.09. The number of carbonyl (C=O) groups is 1. The molecule has 0 atom stereocenters. The van der Waals surface area contributed by atoms with Gasteiger partial charge in [0, 0.05) is 5.56 Å². The normalized spacial score (nSPS) is 10.5. The molecule has 0 unspecified atom stereocenters. The molecule has 1 heterocycles. The third-order valence-electron chi connectivity index (χ3n) is 4.04. The van der Waals surface area contributed by atoms with E-state index in [0.29, 0.717) is 23.9 Å². The summed E-state index contributed by atoms with van der Waals surface area (Å²) in [6.07, 6.45) is 2.61. The fraction of sp³-hybridized carbons (Fsp3) is 0.182. The van der Waals surface area contributed by atoms with Gasteiger partial charge in [0.25, 0.3) is 0 Å². The van der Waals surface area contributed by atoms with E-state index in [1.807, 2.05) is 54.6 Å². The predicted octanol–water partition coefficient (Wildman–Crippen LogP) is 5.00. The summed E-state index contributed by atoms with van der Waals surface area (Å²) in [7, 11) is 0. The first-order valence-electron chi connectivity index (χ1n) is 8.84. The number of hydrogen-bond donors (Lipinski definition) is 1. The first-order chi connectivity index (χ1) is 13.6. The molecule has 0 bridgehead atoms. The van der Waals surface area contributed by atoms with Gasteiger partial charge in [-0.2, -0.15) is 0 Å². The van der Waals surface area contributed by atoms with Crippen molar-refractivity contribution in [1.82, 2.24) is 4.98 Å². The van der Waals surface area contributed by atoms with Gasteiger partial charge in [-0.15, -0.1) is 17.9 Å². The largest absolute Gasteiger partial charge is 0.490 e. The summed E-state index contributed by atoms with van der Waals surface area (Å²) in [5.74, 6) is 0.615. The third kappa shape index (κ3) is 4.78. The van der Waals surface area contributed by atoms with Crippen molar-refractivity contribution in [3.05, 3.63) is 77.3 Å². The van der Waals surface area contributed by atoms with Crippen molar-refractivity contribution in [2.75, 3.05) is 13.2 Å². The number of rotatable bonds is 9. The minimum Gasteiger partial charge on any atom is -0.490 e. The summed E-state index contributed by atoms with van der Waals surface area (Å²) in [6, 6.07) is 15.3. The Balaban J connectivity index is 1.55. The van der Waals surface area contributed by atoms with E-state index >= 15 is 0 Å². The molecule has 2 aromatic carbocycles. The summed E-state index contributed by atoms with van der Waals surface area (Å²) in [5, 5.41) is 9.84. The van der Waals surface area contributed by atoms with Crippen molar-refractivity contribution in [3.63, 3.8) is 0 Å². The van der Waals surface area contributed by atoms with E-state index in [-0.39, 0.29) is 4.88 Å². The highest BCUT2D eigenvalue weighted by Crippen LogP contribution is 2.29. The fourth-order valence-electron chi connectivity index (χ4n) is 2.69. The van der Waals surface area contributed by atoms with Crippen LogP contribution in [0.4, 0.5) is 0 Å². The minimum absolute atomic E-state index is 0.268. The van der Waals surface area contributed by atoms with Crippen molar-refractivity contribution in [2.45, 2.75) is 13.3 Å². The van der Waals surface area contributed by atoms with Crippen LogP contribution >= 0.6 is 11.3 Å².